The van der Waals surface area contributed by atoms with E-state index in [4.69, 9.17) is 0 Å². The quantitative estimate of drug-likeness (QED) is 0.138. The Bertz CT molecular complexity index is 1380. The highest BCUT2D eigenvalue weighted by Gasteiger charge is 2.21. The number of benzene rings is 3. The van der Waals surface area contributed by atoms with Gasteiger partial charge in [0.25, 0.3) is 5.69 Å². The molecule has 1 heterocycles. The summed E-state index contributed by atoms with van der Waals surface area (Å²) in [6, 6.07) is 23.5. The molecule has 1 amide bonds. The van der Waals surface area contributed by atoms with E-state index in [9.17, 15) is 14.9 Å². The monoisotopic (exact) mass is 499 g/mol. The molecule has 4 aromatic rings. The Balaban J connectivity index is 1.59. The van der Waals surface area contributed by atoms with Gasteiger partial charge in [-0.15, -0.1) is 10.2 Å². The second kappa shape index (κ2) is 11.5. The number of amides is 1. The third-order valence-electron chi connectivity index (χ3n) is 5.40. The van der Waals surface area contributed by atoms with Gasteiger partial charge in [0.15, 0.2) is 11.0 Å². The lowest BCUT2D eigenvalue weighted by atomic mass is 10.2. The summed E-state index contributed by atoms with van der Waals surface area (Å²) in [6.45, 7) is 3.87. The summed E-state index contributed by atoms with van der Waals surface area (Å²) >= 11 is 1.51. The molecule has 36 heavy (non-hydrogen) atoms. The summed E-state index contributed by atoms with van der Waals surface area (Å²) in [5.74, 6) is 0.934. The SMILES string of the molecule is Cc1cccc(CSc2nnc(C(C)NC(=O)/C=C/c3ccccc3)n2-c2ccc([N+](=O)[O-])cc2)c1. The minimum atomic E-state index is -0.464. The number of nitrogens with one attached hydrogen (secondary N) is 1. The first-order chi connectivity index (χ1) is 17.4. The van der Waals surface area contributed by atoms with Crippen LogP contribution in [0.1, 0.15) is 35.5 Å². The van der Waals surface area contributed by atoms with Crippen molar-refractivity contribution in [2.45, 2.75) is 30.8 Å². The van der Waals surface area contributed by atoms with Crippen molar-refractivity contribution in [3.63, 3.8) is 0 Å². The highest BCUT2D eigenvalue weighted by Crippen LogP contribution is 2.28. The van der Waals surface area contributed by atoms with Crippen LogP contribution in [0.5, 0.6) is 0 Å². The van der Waals surface area contributed by atoms with Crippen LogP contribution < -0.4 is 5.32 Å². The van der Waals surface area contributed by atoms with E-state index in [-0.39, 0.29) is 11.6 Å². The third kappa shape index (κ3) is 6.25. The van der Waals surface area contributed by atoms with Crippen LogP contribution in [0.4, 0.5) is 5.69 Å². The molecule has 8 nitrogen and oxygen atoms in total. The molecule has 0 bridgehead atoms. The molecule has 182 valence electrons. The van der Waals surface area contributed by atoms with Crippen LogP contribution in [0.15, 0.2) is 90.1 Å². The fourth-order valence-electron chi connectivity index (χ4n) is 3.63. The van der Waals surface area contributed by atoms with E-state index in [0.717, 1.165) is 11.1 Å². The molecular weight excluding hydrogens is 474 g/mol. The van der Waals surface area contributed by atoms with Crippen LogP contribution in [0.25, 0.3) is 11.8 Å². The van der Waals surface area contributed by atoms with Crippen molar-refractivity contribution in [3.05, 3.63) is 118 Å². The Labute approximate surface area is 213 Å². The number of rotatable bonds is 9. The topological polar surface area (TPSA) is 103 Å². The number of aromatic nitrogens is 3. The molecule has 1 atom stereocenters. The molecule has 0 saturated carbocycles. The number of carbonyl (C=O) groups is 1. The molecule has 0 radical (unpaired) electrons. The molecule has 0 aliphatic rings. The van der Waals surface area contributed by atoms with Gasteiger partial charge in [-0.1, -0.05) is 71.9 Å². The zero-order chi connectivity index (χ0) is 25.5. The molecule has 9 heteroatoms. The Morgan fingerprint density at radius 2 is 1.83 bits per heavy atom. The maximum Gasteiger partial charge on any atom is 0.269 e. The molecule has 0 fully saturated rings. The summed E-state index contributed by atoms with van der Waals surface area (Å²) in [5, 5.41) is 23.4. The molecule has 0 aliphatic heterocycles. The number of hydrogen-bond donors (Lipinski definition) is 1. The zero-order valence-corrected chi connectivity index (χ0v) is 20.7. The van der Waals surface area contributed by atoms with Gasteiger partial charge in [-0.05, 0) is 43.2 Å². The maximum atomic E-state index is 12.6. The van der Waals surface area contributed by atoms with Gasteiger partial charge in [-0.3, -0.25) is 19.5 Å². The van der Waals surface area contributed by atoms with Crippen LogP contribution in [0.2, 0.25) is 0 Å². The lowest BCUT2D eigenvalue weighted by Crippen LogP contribution is -2.27. The minimum absolute atomic E-state index is 0.00487. The maximum absolute atomic E-state index is 12.6. The molecule has 4 rings (SSSR count). The second-order valence-corrected chi connectivity index (χ2v) is 9.14. The van der Waals surface area contributed by atoms with E-state index in [2.05, 4.69) is 27.6 Å². The average Bonchev–Trinajstić information content (AvgIpc) is 3.31. The summed E-state index contributed by atoms with van der Waals surface area (Å²) in [4.78, 5) is 23.3. The van der Waals surface area contributed by atoms with Crippen LogP contribution in [-0.4, -0.2) is 25.6 Å². The van der Waals surface area contributed by atoms with Gasteiger partial charge < -0.3 is 5.32 Å². The van der Waals surface area contributed by atoms with E-state index < -0.39 is 11.0 Å². The van der Waals surface area contributed by atoms with Gasteiger partial charge >= 0.3 is 0 Å². The standard InChI is InChI=1S/C27H25N5O3S/c1-19-7-6-10-22(17-19)18-36-27-30-29-26(31(27)23-12-14-24(15-13-23)32(34)35)20(2)28-25(33)16-11-21-8-4-3-5-9-21/h3-17,20H,18H2,1-2H3,(H,28,33)/b16-11+. The Kier molecular flexibility index (Phi) is 7.92. The van der Waals surface area contributed by atoms with Crippen LogP contribution in [0.3, 0.4) is 0 Å². The van der Waals surface area contributed by atoms with Gasteiger partial charge in [0, 0.05) is 29.6 Å². The van der Waals surface area contributed by atoms with Gasteiger partial charge in [-0.25, -0.2) is 0 Å². The first-order valence-corrected chi connectivity index (χ1v) is 12.3. The van der Waals surface area contributed by atoms with E-state index in [1.807, 2.05) is 60.9 Å². The second-order valence-electron chi connectivity index (χ2n) is 8.20. The van der Waals surface area contributed by atoms with Gasteiger partial charge in [0.1, 0.15) is 0 Å². The van der Waals surface area contributed by atoms with Crippen LogP contribution in [-0.2, 0) is 10.5 Å². The van der Waals surface area contributed by atoms with E-state index in [1.54, 1.807) is 18.2 Å². The van der Waals surface area contributed by atoms with Crippen molar-refractivity contribution in [1.82, 2.24) is 20.1 Å². The largest absolute Gasteiger partial charge is 0.343 e. The first kappa shape index (κ1) is 24.9. The number of aryl methyl sites for hydroxylation is 1. The molecule has 1 aromatic heterocycles. The highest BCUT2D eigenvalue weighted by molar-refractivity contribution is 7.98. The van der Waals surface area contributed by atoms with E-state index >= 15 is 0 Å². The number of thioether (sulfide) groups is 1. The van der Waals surface area contributed by atoms with Crippen molar-refractivity contribution < 1.29 is 9.72 Å². The Hall–Kier alpha value is -4.24. The van der Waals surface area contributed by atoms with Gasteiger partial charge in [0.05, 0.1) is 11.0 Å². The molecule has 0 aliphatic carbocycles. The van der Waals surface area contributed by atoms with Crippen molar-refractivity contribution in [2.75, 3.05) is 0 Å². The average molecular weight is 500 g/mol. The molecule has 1 N–H and O–H groups in total. The number of carbonyl (C=O) groups excluding carboxylic acids is 1. The third-order valence-corrected chi connectivity index (χ3v) is 6.40. The molecule has 0 spiro atoms. The van der Waals surface area contributed by atoms with Crippen molar-refractivity contribution in [2.24, 2.45) is 0 Å². The summed E-state index contributed by atoms with van der Waals surface area (Å²) in [7, 11) is 0. The molecule has 1 unspecified atom stereocenters. The van der Waals surface area contributed by atoms with Crippen LogP contribution >= 0.6 is 11.8 Å². The lowest BCUT2D eigenvalue weighted by Gasteiger charge is -2.15. The Morgan fingerprint density at radius 1 is 1.08 bits per heavy atom. The number of hydrogen-bond acceptors (Lipinski definition) is 6. The van der Waals surface area contributed by atoms with Crippen molar-refractivity contribution in [3.8, 4) is 5.69 Å². The zero-order valence-electron chi connectivity index (χ0n) is 19.9. The summed E-state index contributed by atoms with van der Waals surface area (Å²) in [6.07, 6.45) is 3.22. The molecule has 3 aromatic carbocycles. The number of nitro benzene ring substituents is 1. The van der Waals surface area contributed by atoms with E-state index in [0.29, 0.717) is 22.4 Å². The first-order valence-electron chi connectivity index (χ1n) is 11.3. The van der Waals surface area contributed by atoms with Gasteiger partial charge in [-0.2, -0.15) is 0 Å². The highest BCUT2D eigenvalue weighted by atomic mass is 32.2. The van der Waals surface area contributed by atoms with E-state index in [1.165, 1.54) is 35.5 Å². The smallest absolute Gasteiger partial charge is 0.269 e. The normalized spacial score (nSPS) is 11.9. The van der Waals surface area contributed by atoms with Gasteiger partial charge in [0.2, 0.25) is 5.91 Å². The van der Waals surface area contributed by atoms with Crippen LogP contribution in [0, 0.1) is 17.0 Å². The lowest BCUT2D eigenvalue weighted by molar-refractivity contribution is -0.384. The predicted molar refractivity (Wildman–Crippen MR) is 141 cm³/mol. The van der Waals surface area contributed by atoms with Crippen molar-refractivity contribution >= 4 is 29.4 Å². The fourth-order valence-corrected chi connectivity index (χ4v) is 4.54. The number of non-ortho nitro benzene ring substituents is 1. The fraction of sp³-hybridized carbons (Fsp3) is 0.148. The Morgan fingerprint density at radius 3 is 2.53 bits per heavy atom. The minimum Gasteiger partial charge on any atom is -0.343 e. The number of nitrogens with zero attached hydrogens (tertiary/aromatic N) is 4. The van der Waals surface area contributed by atoms with Crippen molar-refractivity contribution in [1.29, 1.82) is 0 Å². The summed E-state index contributed by atoms with van der Waals surface area (Å²) < 4.78 is 1.83. The predicted octanol–water partition coefficient (Wildman–Crippen LogP) is 5.67. The number of nitro groups is 1. The molecule has 0 saturated heterocycles. The molecular formula is C27H25N5O3S. The summed E-state index contributed by atoms with van der Waals surface area (Å²) in [5.41, 5.74) is 3.91.